The van der Waals surface area contributed by atoms with Crippen LogP contribution in [-0.2, 0) is 36.4 Å². The third kappa shape index (κ3) is 4.42. The van der Waals surface area contributed by atoms with Crippen molar-refractivity contribution in [3.63, 3.8) is 0 Å². The number of nitrogens with zero attached hydrogens (tertiary/aromatic N) is 2. The largest absolute Gasteiger partial charge is 0.377 e. The molecule has 0 bridgehead atoms. The molecule has 1 amide bonds. The van der Waals surface area contributed by atoms with Crippen LogP contribution < -0.4 is 10.6 Å². The minimum atomic E-state index is -3.67. The van der Waals surface area contributed by atoms with Gasteiger partial charge in [-0.15, -0.1) is 0 Å². The van der Waals surface area contributed by atoms with Crippen molar-refractivity contribution in [2.45, 2.75) is 57.0 Å². The minimum Gasteiger partial charge on any atom is -0.377 e. The van der Waals surface area contributed by atoms with Crippen LogP contribution in [0.15, 0.2) is 30.3 Å². The molecule has 1 aliphatic heterocycles. The number of nitrogens with one attached hydrogen (secondary N) is 2. The van der Waals surface area contributed by atoms with Gasteiger partial charge in [0.1, 0.15) is 11.3 Å². The fourth-order valence-corrected chi connectivity index (χ4v) is 5.22. The Morgan fingerprint density at radius 3 is 2.44 bits per heavy atom. The van der Waals surface area contributed by atoms with E-state index < -0.39 is 10.1 Å². The Hall–Kier alpha value is -2.91. The van der Waals surface area contributed by atoms with Crippen LogP contribution in [-0.4, -0.2) is 46.3 Å². The molecule has 2 aromatic carbocycles. The molecule has 1 spiro atoms. The van der Waals surface area contributed by atoms with Crippen LogP contribution in [0.5, 0.6) is 0 Å². The number of benzene rings is 2. The van der Waals surface area contributed by atoms with Gasteiger partial charge in [0.2, 0.25) is 0 Å². The molecule has 0 atom stereocenters. The number of aryl methyl sites for hydroxylation is 2. The molecular weight excluding hydrogens is 452 g/mol. The highest BCUT2D eigenvalue weighted by atomic mass is 32.2. The van der Waals surface area contributed by atoms with Gasteiger partial charge in [-0.3, -0.25) is 9.35 Å². The Labute approximate surface area is 199 Å². The number of amides is 1. The molecule has 0 unspecified atom stereocenters. The van der Waals surface area contributed by atoms with E-state index in [0.29, 0.717) is 12.3 Å². The quantitative estimate of drug-likeness (QED) is 0.484. The normalized spacial score (nSPS) is 18.0. The molecule has 3 aliphatic rings. The molecule has 34 heavy (non-hydrogen) atoms. The fourth-order valence-electron chi connectivity index (χ4n) is 5.22. The molecular formula is C25H30N4O4S. The first-order valence-corrected chi connectivity index (χ1v) is 13.4. The van der Waals surface area contributed by atoms with Gasteiger partial charge in [0.05, 0.1) is 17.5 Å². The highest BCUT2D eigenvalue weighted by Gasteiger charge is 2.41. The van der Waals surface area contributed by atoms with Crippen LogP contribution in [0.25, 0.3) is 11.0 Å². The fraction of sp³-hybridized carbons (Fsp3) is 0.440. The van der Waals surface area contributed by atoms with E-state index >= 15 is 0 Å². The van der Waals surface area contributed by atoms with Crippen molar-refractivity contribution in [1.82, 2.24) is 14.9 Å². The lowest BCUT2D eigenvalue weighted by Crippen LogP contribution is -2.43. The molecule has 2 aliphatic carbocycles. The maximum atomic E-state index is 13.1. The molecule has 0 saturated heterocycles. The number of rotatable bonds is 2. The van der Waals surface area contributed by atoms with E-state index in [9.17, 15) is 13.2 Å². The lowest BCUT2D eigenvalue weighted by Gasteiger charge is -2.38. The van der Waals surface area contributed by atoms with E-state index in [4.69, 9.17) is 9.54 Å². The molecule has 3 N–H and O–H groups in total. The summed E-state index contributed by atoms with van der Waals surface area (Å²) in [5, 5.41) is 7.10. The Morgan fingerprint density at radius 1 is 1.24 bits per heavy atom. The van der Waals surface area contributed by atoms with E-state index in [0.717, 1.165) is 72.2 Å². The summed E-state index contributed by atoms with van der Waals surface area (Å²) in [7, 11) is -1.64. The lowest BCUT2D eigenvalue weighted by molar-refractivity contribution is 0.0950. The van der Waals surface area contributed by atoms with Gasteiger partial charge in [-0.1, -0.05) is 24.3 Å². The lowest BCUT2D eigenvalue weighted by atomic mass is 9.82. The maximum Gasteiger partial charge on any atom is 0.261 e. The molecule has 9 heteroatoms. The van der Waals surface area contributed by atoms with Crippen molar-refractivity contribution in [3.05, 3.63) is 58.4 Å². The van der Waals surface area contributed by atoms with Crippen molar-refractivity contribution in [3.8, 4) is 0 Å². The SMILES string of the molecule is CS(=O)(=O)O.Cc1nc2c3c(c(C(=O)NC4CC4)cc2n1C)CCC1(Cc2ccccc2C1)N3. The van der Waals surface area contributed by atoms with Gasteiger partial charge < -0.3 is 15.2 Å². The molecule has 6 rings (SSSR count). The number of carbonyl (C=O) groups is 1. The number of anilines is 1. The molecule has 0 radical (unpaired) electrons. The van der Waals surface area contributed by atoms with E-state index in [2.05, 4.69) is 45.5 Å². The molecule has 1 fully saturated rings. The first-order chi connectivity index (χ1) is 16.0. The van der Waals surface area contributed by atoms with Crippen LogP contribution in [0, 0.1) is 6.92 Å². The van der Waals surface area contributed by atoms with E-state index in [-0.39, 0.29) is 11.4 Å². The molecule has 2 heterocycles. The van der Waals surface area contributed by atoms with Crippen LogP contribution >= 0.6 is 0 Å². The zero-order valence-corrected chi connectivity index (χ0v) is 20.5. The van der Waals surface area contributed by atoms with Crippen molar-refractivity contribution >= 4 is 32.7 Å². The predicted molar refractivity (Wildman–Crippen MR) is 132 cm³/mol. The molecule has 180 valence electrons. The summed E-state index contributed by atoms with van der Waals surface area (Å²) in [5.74, 6) is 1.04. The number of hydrogen-bond acceptors (Lipinski definition) is 5. The van der Waals surface area contributed by atoms with Gasteiger partial charge >= 0.3 is 0 Å². The van der Waals surface area contributed by atoms with Gasteiger partial charge in [0.15, 0.2) is 0 Å². The topological polar surface area (TPSA) is 113 Å². The number of imidazole rings is 1. The maximum absolute atomic E-state index is 13.1. The first-order valence-electron chi connectivity index (χ1n) is 11.6. The summed E-state index contributed by atoms with van der Waals surface area (Å²) in [5.41, 5.74) is 7.97. The zero-order valence-electron chi connectivity index (χ0n) is 19.7. The van der Waals surface area contributed by atoms with Gasteiger partial charge in [0, 0.05) is 24.2 Å². The predicted octanol–water partition coefficient (Wildman–Crippen LogP) is 3.17. The van der Waals surface area contributed by atoms with Crippen LogP contribution in [0.3, 0.4) is 0 Å². The van der Waals surface area contributed by atoms with Crippen molar-refractivity contribution < 1.29 is 17.8 Å². The summed E-state index contributed by atoms with van der Waals surface area (Å²) < 4.78 is 28.0. The monoisotopic (exact) mass is 482 g/mol. The third-order valence-electron chi connectivity index (χ3n) is 7.08. The standard InChI is InChI=1S/C24H26N4O.CH4O3S/c1-14-25-22-20(28(14)2)11-19(23(29)26-17-7-8-17)18-9-10-24(27-21(18)22)12-15-5-3-4-6-16(15)13-24;1-5(2,3)4/h3-6,11,17,27H,7-10,12-13H2,1-2H3,(H,26,29);1H3,(H,2,3,4). The second kappa shape index (κ2) is 8.09. The van der Waals surface area contributed by atoms with Crippen LogP contribution in [0.4, 0.5) is 5.69 Å². The second-order valence-electron chi connectivity index (χ2n) is 9.87. The van der Waals surface area contributed by atoms with E-state index in [1.165, 1.54) is 11.1 Å². The number of carbonyl (C=O) groups excluding carboxylic acids is 1. The zero-order chi connectivity index (χ0) is 24.3. The van der Waals surface area contributed by atoms with Gasteiger partial charge in [-0.05, 0) is 68.2 Å². The van der Waals surface area contributed by atoms with Gasteiger partial charge in [-0.2, -0.15) is 8.42 Å². The van der Waals surface area contributed by atoms with Crippen LogP contribution in [0.1, 0.15) is 52.1 Å². The Bertz CT molecular complexity index is 1370. The highest BCUT2D eigenvalue weighted by Crippen LogP contribution is 2.44. The Kier molecular flexibility index (Phi) is 5.44. The molecule has 1 aromatic heterocycles. The summed E-state index contributed by atoms with van der Waals surface area (Å²) in [6, 6.07) is 11.2. The van der Waals surface area contributed by atoms with Gasteiger partial charge in [0.25, 0.3) is 16.0 Å². The molecule has 3 aromatic rings. The molecule has 1 saturated carbocycles. The second-order valence-corrected chi connectivity index (χ2v) is 11.3. The number of fused-ring (bicyclic) bond motifs is 4. The minimum absolute atomic E-state index is 0.0284. The summed E-state index contributed by atoms with van der Waals surface area (Å²) in [6.45, 7) is 2.03. The average Bonchev–Trinajstić information content (AvgIpc) is 3.43. The summed E-state index contributed by atoms with van der Waals surface area (Å²) in [6.07, 6.45) is 6.93. The average molecular weight is 483 g/mol. The van der Waals surface area contributed by atoms with Crippen molar-refractivity contribution in [2.75, 3.05) is 11.6 Å². The van der Waals surface area contributed by atoms with Crippen molar-refractivity contribution in [1.29, 1.82) is 0 Å². The Balaban J connectivity index is 0.000000439. The first kappa shape index (κ1) is 22.9. The Morgan fingerprint density at radius 2 is 1.85 bits per heavy atom. The van der Waals surface area contributed by atoms with Gasteiger partial charge in [-0.25, -0.2) is 4.98 Å². The van der Waals surface area contributed by atoms with Crippen molar-refractivity contribution in [2.24, 2.45) is 7.05 Å². The number of hydrogen-bond donors (Lipinski definition) is 3. The summed E-state index contributed by atoms with van der Waals surface area (Å²) >= 11 is 0. The molecule has 8 nitrogen and oxygen atoms in total. The highest BCUT2D eigenvalue weighted by molar-refractivity contribution is 7.85. The van der Waals surface area contributed by atoms with E-state index in [1.807, 2.05) is 14.0 Å². The third-order valence-corrected chi connectivity index (χ3v) is 7.08. The van der Waals surface area contributed by atoms with Crippen LogP contribution in [0.2, 0.25) is 0 Å². The summed E-state index contributed by atoms with van der Waals surface area (Å²) in [4.78, 5) is 17.9. The number of aromatic nitrogens is 2. The van der Waals surface area contributed by atoms with E-state index in [1.54, 1.807) is 0 Å². The smallest absolute Gasteiger partial charge is 0.261 e.